The van der Waals surface area contributed by atoms with Crippen LogP contribution in [0.5, 0.6) is 5.75 Å². The van der Waals surface area contributed by atoms with Gasteiger partial charge in [-0.1, -0.05) is 11.6 Å². The lowest BCUT2D eigenvalue weighted by Crippen LogP contribution is -2.43. The van der Waals surface area contributed by atoms with Gasteiger partial charge in [-0.3, -0.25) is 14.4 Å². The van der Waals surface area contributed by atoms with Crippen molar-refractivity contribution >= 4 is 29.4 Å². The van der Waals surface area contributed by atoms with Crippen LogP contribution in [0, 0.1) is 0 Å². The van der Waals surface area contributed by atoms with E-state index in [2.05, 4.69) is 0 Å². The molecule has 1 aliphatic heterocycles. The van der Waals surface area contributed by atoms with Crippen LogP contribution in [0.2, 0.25) is 5.02 Å². The maximum absolute atomic E-state index is 12.7. The number of hydrogen-bond acceptors (Lipinski definition) is 4. The molecular formula is C19H25ClN2O5. The molecule has 8 heteroatoms. The fourth-order valence-electron chi connectivity index (χ4n) is 3.44. The molecule has 1 atom stereocenters. The molecule has 148 valence electrons. The molecule has 1 unspecified atom stereocenters. The summed E-state index contributed by atoms with van der Waals surface area (Å²) in [6.07, 6.45) is 2.13. The predicted octanol–water partition coefficient (Wildman–Crippen LogP) is 2.21. The highest BCUT2D eigenvalue weighted by molar-refractivity contribution is 6.30. The number of carbonyl (C=O) groups is 3. The van der Waals surface area contributed by atoms with Gasteiger partial charge in [0.15, 0.2) is 0 Å². The summed E-state index contributed by atoms with van der Waals surface area (Å²) in [7, 11) is 1.55. The molecule has 2 amide bonds. The molecule has 1 heterocycles. The van der Waals surface area contributed by atoms with E-state index in [1.54, 1.807) is 30.2 Å². The number of likely N-dealkylation sites (tertiary alicyclic amines) is 1. The van der Waals surface area contributed by atoms with Crippen molar-refractivity contribution in [3.63, 3.8) is 0 Å². The highest BCUT2D eigenvalue weighted by Crippen LogP contribution is 2.24. The minimum atomic E-state index is -1.03. The molecule has 7 nitrogen and oxygen atoms in total. The molecule has 1 N–H and O–H groups in total. The van der Waals surface area contributed by atoms with Gasteiger partial charge in [-0.05, 0) is 37.5 Å². The lowest BCUT2D eigenvalue weighted by Gasteiger charge is -2.29. The van der Waals surface area contributed by atoms with Crippen molar-refractivity contribution in [2.45, 2.75) is 38.6 Å². The zero-order valence-electron chi connectivity index (χ0n) is 15.6. The molecule has 1 fully saturated rings. The van der Waals surface area contributed by atoms with Crippen molar-refractivity contribution < 1.29 is 24.2 Å². The van der Waals surface area contributed by atoms with Crippen LogP contribution in [-0.2, 0) is 20.8 Å². The standard InChI is InChI=1S/C19H25ClN2O5/c1-13(23)22(12-19(25)26)16-4-3-8-21(9-7-16)18(24)11-14-10-15(20)5-6-17(14)27-2/h5-6,10,16H,3-4,7-9,11-12H2,1-2H3,(H,25,26). The number of carboxylic acid groups (broad SMARTS) is 1. The Morgan fingerprint density at radius 3 is 2.67 bits per heavy atom. The van der Waals surface area contributed by atoms with Crippen LogP contribution in [0.3, 0.4) is 0 Å². The first-order chi connectivity index (χ1) is 12.8. The van der Waals surface area contributed by atoms with Crippen LogP contribution < -0.4 is 4.74 Å². The number of methoxy groups -OCH3 is 1. The third kappa shape index (κ3) is 5.85. The number of halogens is 1. The van der Waals surface area contributed by atoms with Crippen molar-refractivity contribution in [3.8, 4) is 5.75 Å². The second kappa shape index (κ2) is 9.60. The molecule has 0 aliphatic carbocycles. The Labute approximate surface area is 163 Å². The summed E-state index contributed by atoms with van der Waals surface area (Å²) in [6, 6.07) is 5.00. The molecule has 0 aromatic heterocycles. The molecular weight excluding hydrogens is 372 g/mol. The van der Waals surface area contributed by atoms with E-state index < -0.39 is 5.97 Å². The van der Waals surface area contributed by atoms with Crippen LogP contribution in [0.1, 0.15) is 31.7 Å². The van der Waals surface area contributed by atoms with E-state index in [4.69, 9.17) is 21.4 Å². The maximum Gasteiger partial charge on any atom is 0.323 e. The van der Waals surface area contributed by atoms with Crippen molar-refractivity contribution in [2.24, 2.45) is 0 Å². The number of carboxylic acids is 1. The van der Waals surface area contributed by atoms with Gasteiger partial charge >= 0.3 is 5.97 Å². The van der Waals surface area contributed by atoms with Crippen LogP contribution in [0.15, 0.2) is 18.2 Å². The highest BCUT2D eigenvalue weighted by atomic mass is 35.5. The smallest absolute Gasteiger partial charge is 0.323 e. The number of benzene rings is 1. The summed E-state index contributed by atoms with van der Waals surface area (Å²) >= 11 is 6.03. The van der Waals surface area contributed by atoms with Gasteiger partial charge in [0.1, 0.15) is 12.3 Å². The van der Waals surface area contributed by atoms with E-state index in [9.17, 15) is 14.4 Å². The predicted molar refractivity (Wildman–Crippen MR) is 101 cm³/mol. The van der Waals surface area contributed by atoms with Crippen LogP contribution >= 0.6 is 11.6 Å². The molecule has 27 heavy (non-hydrogen) atoms. The third-order valence-electron chi connectivity index (χ3n) is 4.79. The number of ether oxygens (including phenoxy) is 1. The van der Waals surface area contributed by atoms with E-state index >= 15 is 0 Å². The Balaban J connectivity index is 2.03. The Bertz CT molecular complexity index is 709. The molecule has 1 aromatic rings. The summed E-state index contributed by atoms with van der Waals surface area (Å²) in [5.41, 5.74) is 0.729. The fourth-order valence-corrected chi connectivity index (χ4v) is 3.64. The zero-order chi connectivity index (χ0) is 20.0. The van der Waals surface area contributed by atoms with Crippen molar-refractivity contribution in [3.05, 3.63) is 28.8 Å². The van der Waals surface area contributed by atoms with Crippen molar-refractivity contribution in [1.29, 1.82) is 0 Å². The number of hydrogen-bond donors (Lipinski definition) is 1. The molecule has 2 rings (SSSR count). The minimum absolute atomic E-state index is 0.0381. The lowest BCUT2D eigenvalue weighted by atomic mass is 10.1. The third-order valence-corrected chi connectivity index (χ3v) is 5.02. The van der Waals surface area contributed by atoms with Crippen molar-refractivity contribution in [1.82, 2.24) is 9.80 Å². The molecule has 1 aliphatic rings. The van der Waals surface area contributed by atoms with Crippen LogP contribution in [0.4, 0.5) is 0 Å². The summed E-state index contributed by atoms with van der Waals surface area (Å²) in [5, 5.41) is 9.57. The molecule has 0 saturated carbocycles. The van der Waals surface area contributed by atoms with E-state index in [-0.39, 0.29) is 30.8 Å². The first-order valence-electron chi connectivity index (χ1n) is 8.91. The summed E-state index contributed by atoms with van der Waals surface area (Å²) in [5.74, 6) is -0.713. The number of rotatable bonds is 6. The zero-order valence-corrected chi connectivity index (χ0v) is 16.4. The highest BCUT2D eigenvalue weighted by Gasteiger charge is 2.27. The van der Waals surface area contributed by atoms with Gasteiger partial charge in [-0.15, -0.1) is 0 Å². The molecule has 1 aromatic carbocycles. The van der Waals surface area contributed by atoms with Gasteiger partial charge in [0.05, 0.1) is 13.5 Å². The summed E-state index contributed by atoms with van der Waals surface area (Å²) in [4.78, 5) is 38.7. The van der Waals surface area contributed by atoms with Gasteiger partial charge in [-0.2, -0.15) is 0 Å². The van der Waals surface area contributed by atoms with Gasteiger partial charge in [-0.25, -0.2) is 0 Å². The SMILES string of the molecule is COc1ccc(Cl)cc1CC(=O)N1CCCC(N(CC(=O)O)C(C)=O)CC1. The monoisotopic (exact) mass is 396 g/mol. The van der Waals surface area contributed by atoms with Crippen LogP contribution in [-0.4, -0.2) is 65.5 Å². The van der Waals surface area contributed by atoms with E-state index in [0.717, 1.165) is 5.56 Å². The van der Waals surface area contributed by atoms with E-state index in [1.165, 1.54) is 11.8 Å². The molecule has 1 saturated heterocycles. The first-order valence-corrected chi connectivity index (χ1v) is 9.28. The number of aliphatic carboxylic acids is 1. The molecule has 0 bridgehead atoms. The molecule has 0 radical (unpaired) electrons. The number of amides is 2. The van der Waals surface area contributed by atoms with Gasteiger partial charge < -0.3 is 19.6 Å². The van der Waals surface area contributed by atoms with E-state index in [1.807, 2.05) is 0 Å². The Kier molecular flexibility index (Phi) is 7.47. The largest absolute Gasteiger partial charge is 0.496 e. The molecule has 0 spiro atoms. The lowest BCUT2D eigenvalue weighted by molar-refractivity contribution is -0.145. The first kappa shape index (κ1) is 21.0. The second-order valence-corrected chi connectivity index (χ2v) is 7.08. The van der Waals surface area contributed by atoms with Gasteiger partial charge in [0.25, 0.3) is 0 Å². The quantitative estimate of drug-likeness (QED) is 0.796. The topological polar surface area (TPSA) is 87.2 Å². The summed E-state index contributed by atoms with van der Waals surface area (Å²) in [6.45, 7) is 2.13. The average molecular weight is 397 g/mol. The minimum Gasteiger partial charge on any atom is -0.496 e. The fraction of sp³-hybridized carbons (Fsp3) is 0.526. The normalized spacial score (nSPS) is 17.1. The Hall–Kier alpha value is -2.28. The summed E-state index contributed by atoms with van der Waals surface area (Å²) < 4.78 is 5.30. The Morgan fingerprint density at radius 2 is 2.04 bits per heavy atom. The maximum atomic E-state index is 12.7. The van der Waals surface area contributed by atoms with E-state index in [0.29, 0.717) is 43.1 Å². The average Bonchev–Trinajstić information content (AvgIpc) is 2.85. The Morgan fingerprint density at radius 1 is 1.30 bits per heavy atom. The van der Waals surface area contributed by atoms with Gasteiger partial charge in [0, 0.05) is 36.6 Å². The van der Waals surface area contributed by atoms with Gasteiger partial charge in [0.2, 0.25) is 11.8 Å². The second-order valence-electron chi connectivity index (χ2n) is 6.64. The number of nitrogens with zero attached hydrogens (tertiary/aromatic N) is 2. The number of carbonyl (C=O) groups excluding carboxylic acids is 2. The van der Waals surface area contributed by atoms with Crippen LogP contribution in [0.25, 0.3) is 0 Å². The van der Waals surface area contributed by atoms with Crippen molar-refractivity contribution in [2.75, 3.05) is 26.7 Å².